The van der Waals surface area contributed by atoms with Crippen molar-refractivity contribution < 1.29 is 23.9 Å². The second-order valence-electron chi connectivity index (χ2n) is 8.29. The van der Waals surface area contributed by atoms with Gasteiger partial charge in [-0.15, -0.1) is 0 Å². The van der Waals surface area contributed by atoms with Crippen molar-refractivity contribution in [2.45, 2.75) is 32.6 Å². The van der Waals surface area contributed by atoms with Gasteiger partial charge < -0.3 is 18.9 Å². The van der Waals surface area contributed by atoms with E-state index >= 15 is 0 Å². The molecule has 10 heteroatoms. The molecular formula is C28H32IN3O6. The highest BCUT2D eigenvalue weighted by Crippen LogP contribution is 2.33. The first-order chi connectivity index (χ1) is 18.5. The largest absolute Gasteiger partial charge is 0.494 e. The van der Waals surface area contributed by atoms with Gasteiger partial charge in [0.2, 0.25) is 0 Å². The minimum absolute atomic E-state index is 0.0239. The molecule has 0 aromatic heterocycles. The maximum Gasteiger partial charge on any atom is 0.269 e. The maximum absolute atomic E-state index is 10.8. The first-order valence-electron chi connectivity index (χ1n) is 12.4. The van der Waals surface area contributed by atoms with Crippen LogP contribution in [0.4, 0.5) is 11.4 Å². The number of halogens is 1. The average Bonchev–Trinajstić information content (AvgIpc) is 2.92. The molecule has 0 unspecified atom stereocenters. The zero-order chi connectivity index (χ0) is 27.2. The minimum Gasteiger partial charge on any atom is -0.494 e. The molecule has 3 rings (SSSR count). The van der Waals surface area contributed by atoms with Crippen LogP contribution < -0.4 is 24.4 Å². The summed E-state index contributed by atoms with van der Waals surface area (Å²) in [5.41, 5.74) is 4.32. The third-order valence-corrected chi connectivity index (χ3v) is 6.23. The summed E-state index contributed by atoms with van der Waals surface area (Å²) in [5, 5.41) is 15.0. The van der Waals surface area contributed by atoms with E-state index in [1.807, 2.05) is 36.4 Å². The number of benzene rings is 3. The molecule has 0 amide bonds. The highest BCUT2D eigenvalue weighted by molar-refractivity contribution is 14.1. The highest BCUT2D eigenvalue weighted by Gasteiger charge is 2.11. The van der Waals surface area contributed by atoms with Gasteiger partial charge in [0.1, 0.15) is 24.7 Å². The Labute approximate surface area is 236 Å². The Bertz CT molecular complexity index is 1190. The van der Waals surface area contributed by atoms with Crippen LogP contribution >= 0.6 is 22.6 Å². The Morgan fingerprint density at radius 3 is 2.21 bits per heavy atom. The Hall–Kier alpha value is -3.54. The number of hydrogen-bond acceptors (Lipinski definition) is 8. The lowest BCUT2D eigenvalue weighted by Gasteiger charge is -2.14. The molecule has 0 bridgehead atoms. The summed E-state index contributed by atoms with van der Waals surface area (Å²) in [6.45, 7) is 3.65. The molecular weight excluding hydrogens is 601 g/mol. The highest BCUT2D eigenvalue weighted by atomic mass is 127. The number of nitro groups is 1. The summed E-state index contributed by atoms with van der Waals surface area (Å²) in [5.74, 6) is 2.80. The molecule has 0 radical (unpaired) electrons. The molecule has 0 aliphatic rings. The lowest BCUT2D eigenvalue weighted by atomic mass is 10.2. The minimum atomic E-state index is -0.444. The third-order valence-electron chi connectivity index (χ3n) is 5.43. The van der Waals surface area contributed by atoms with Crippen molar-refractivity contribution in [2.24, 2.45) is 5.10 Å². The average molecular weight is 633 g/mol. The molecule has 3 aromatic rings. The number of methoxy groups -OCH3 is 1. The monoisotopic (exact) mass is 633 g/mol. The van der Waals surface area contributed by atoms with Gasteiger partial charge in [0.25, 0.3) is 5.69 Å². The van der Waals surface area contributed by atoms with E-state index < -0.39 is 4.92 Å². The number of nitrogens with one attached hydrogen (secondary N) is 1. The number of anilines is 1. The van der Waals surface area contributed by atoms with E-state index in [1.54, 1.807) is 25.5 Å². The molecule has 3 aromatic carbocycles. The Morgan fingerprint density at radius 1 is 0.921 bits per heavy atom. The lowest BCUT2D eigenvalue weighted by molar-refractivity contribution is -0.384. The van der Waals surface area contributed by atoms with E-state index in [1.165, 1.54) is 31.4 Å². The van der Waals surface area contributed by atoms with Crippen molar-refractivity contribution in [2.75, 3.05) is 32.4 Å². The second-order valence-corrected chi connectivity index (χ2v) is 9.45. The van der Waals surface area contributed by atoms with Gasteiger partial charge in [-0.05, 0) is 83.1 Å². The van der Waals surface area contributed by atoms with E-state index in [-0.39, 0.29) is 5.69 Å². The van der Waals surface area contributed by atoms with Crippen LogP contribution in [0, 0.1) is 13.7 Å². The summed E-state index contributed by atoms with van der Waals surface area (Å²) in [6.07, 6.45) is 6.35. The molecule has 0 atom stereocenters. The zero-order valence-electron chi connectivity index (χ0n) is 21.5. The number of hydrazone groups is 1. The van der Waals surface area contributed by atoms with Crippen LogP contribution in [0.25, 0.3) is 0 Å². The van der Waals surface area contributed by atoms with Crippen LogP contribution in [0.1, 0.15) is 38.2 Å². The molecule has 0 aliphatic carbocycles. The quantitative estimate of drug-likeness (QED) is 0.0592. The topological polar surface area (TPSA) is 104 Å². The Balaban J connectivity index is 1.46. The predicted molar refractivity (Wildman–Crippen MR) is 157 cm³/mol. The summed E-state index contributed by atoms with van der Waals surface area (Å²) in [4.78, 5) is 10.3. The van der Waals surface area contributed by atoms with Gasteiger partial charge in [0.05, 0.1) is 34.1 Å². The lowest BCUT2D eigenvalue weighted by Crippen LogP contribution is -2.10. The molecule has 0 aliphatic heterocycles. The van der Waals surface area contributed by atoms with Gasteiger partial charge in [-0.2, -0.15) is 5.10 Å². The van der Waals surface area contributed by atoms with Crippen LogP contribution in [0.2, 0.25) is 0 Å². The van der Waals surface area contributed by atoms with Gasteiger partial charge >= 0.3 is 0 Å². The van der Waals surface area contributed by atoms with Crippen molar-refractivity contribution in [1.29, 1.82) is 0 Å². The number of rotatable bonds is 16. The van der Waals surface area contributed by atoms with Crippen LogP contribution in [0.3, 0.4) is 0 Å². The number of non-ortho nitro benzene ring substituents is 1. The number of unbranched alkanes of at least 4 members (excludes halogenated alkanes) is 3. The summed E-state index contributed by atoms with van der Waals surface area (Å²) >= 11 is 2.19. The summed E-state index contributed by atoms with van der Waals surface area (Å²) in [6, 6.07) is 17.4. The molecule has 1 N–H and O–H groups in total. The van der Waals surface area contributed by atoms with E-state index in [9.17, 15) is 10.1 Å². The van der Waals surface area contributed by atoms with E-state index in [4.69, 9.17) is 18.9 Å². The van der Waals surface area contributed by atoms with Gasteiger partial charge in [0.15, 0.2) is 11.5 Å². The zero-order valence-corrected chi connectivity index (χ0v) is 23.7. The van der Waals surface area contributed by atoms with Crippen LogP contribution in [-0.4, -0.2) is 38.1 Å². The van der Waals surface area contributed by atoms with Crippen molar-refractivity contribution in [3.05, 3.63) is 79.9 Å². The maximum atomic E-state index is 10.8. The third kappa shape index (κ3) is 9.40. The van der Waals surface area contributed by atoms with Crippen molar-refractivity contribution in [3.8, 4) is 23.0 Å². The fraction of sp³-hybridized carbons (Fsp3) is 0.321. The number of nitro benzene ring substituents is 1. The smallest absolute Gasteiger partial charge is 0.269 e. The standard InChI is InChI=1S/C28H32IN3O6/c1-3-4-5-6-15-36-24-11-13-25(14-12-24)37-16-17-38-28-26(29)18-21(19-27(28)35-2)20-30-31-22-7-9-23(10-8-22)32(33)34/h7-14,18-20,31H,3-6,15-17H2,1-2H3/b30-20-. The van der Waals surface area contributed by atoms with Gasteiger partial charge in [-0.1, -0.05) is 26.2 Å². The number of hydrogen-bond donors (Lipinski definition) is 1. The van der Waals surface area contributed by atoms with Crippen LogP contribution in [0.5, 0.6) is 23.0 Å². The Kier molecular flexibility index (Phi) is 12.0. The fourth-order valence-electron chi connectivity index (χ4n) is 3.45. The normalized spacial score (nSPS) is 10.8. The molecule has 202 valence electrons. The van der Waals surface area contributed by atoms with Crippen molar-refractivity contribution >= 4 is 40.2 Å². The van der Waals surface area contributed by atoms with Crippen LogP contribution in [0.15, 0.2) is 65.8 Å². The molecule has 9 nitrogen and oxygen atoms in total. The van der Waals surface area contributed by atoms with Gasteiger partial charge in [-0.25, -0.2) is 0 Å². The Morgan fingerprint density at radius 2 is 1.58 bits per heavy atom. The fourth-order valence-corrected chi connectivity index (χ4v) is 4.23. The molecule has 0 heterocycles. The van der Waals surface area contributed by atoms with Crippen LogP contribution in [-0.2, 0) is 0 Å². The number of ether oxygens (including phenoxy) is 4. The van der Waals surface area contributed by atoms with Gasteiger partial charge in [-0.3, -0.25) is 15.5 Å². The van der Waals surface area contributed by atoms with E-state index in [0.717, 1.165) is 33.7 Å². The predicted octanol–water partition coefficient (Wildman–Crippen LogP) is 7.07. The van der Waals surface area contributed by atoms with Gasteiger partial charge in [0, 0.05) is 12.1 Å². The van der Waals surface area contributed by atoms with Crippen molar-refractivity contribution in [1.82, 2.24) is 0 Å². The molecule has 0 saturated heterocycles. The van der Waals surface area contributed by atoms with E-state index in [2.05, 4.69) is 40.0 Å². The summed E-state index contributed by atoms with van der Waals surface area (Å²) < 4.78 is 23.9. The van der Waals surface area contributed by atoms with E-state index in [0.29, 0.717) is 30.4 Å². The molecule has 0 spiro atoms. The second kappa shape index (κ2) is 15.7. The van der Waals surface area contributed by atoms with Crippen molar-refractivity contribution in [3.63, 3.8) is 0 Å². The molecule has 38 heavy (non-hydrogen) atoms. The number of nitrogens with zero attached hydrogens (tertiary/aromatic N) is 2. The molecule has 0 saturated carbocycles. The SMILES string of the molecule is CCCCCCOc1ccc(OCCOc2c(I)cc(/C=N\Nc3ccc([N+](=O)[O-])cc3)cc2OC)cc1. The molecule has 0 fully saturated rings. The summed E-state index contributed by atoms with van der Waals surface area (Å²) in [7, 11) is 1.58. The first-order valence-corrected chi connectivity index (χ1v) is 13.5. The first kappa shape index (κ1) is 29.0.